The normalized spacial score (nSPS) is 19.5. The molecule has 112 valence electrons. The molecule has 1 aliphatic carbocycles. The highest BCUT2D eigenvalue weighted by molar-refractivity contribution is 5.81. The van der Waals surface area contributed by atoms with E-state index in [1.807, 2.05) is 17.7 Å². The van der Waals surface area contributed by atoms with Crippen LogP contribution in [0.1, 0.15) is 45.4 Å². The molecular weight excluding hydrogens is 252 g/mol. The molecular formula is C15H26N4O. The Bertz CT molecular complexity index is 398. The molecule has 2 unspecified atom stereocenters. The van der Waals surface area contributed by atoms with E-state index in [0.717, 1.165) is 13.0 Å². The van der Waals surface area contributed by atoms with Crippen LogP contribution >= 0.6 is 0 Å². The highest BCUT2D eigenvalue weighted by Crippen LogP contribution is 2.26. The molecule has 0 spiro atoms. The highest BCUT2D eigenvalue weighted by Gasteiger charge is 2.22. The van der Waals surface area contributed by atoms with Crippen molar-refractivity contribution in [2.24, 2.45) is 11.7 Å². The van der Waals surface area contributed by atoms with E-state index >= 15 is 0 Å². The summed E-state index contributed by atoms with van der Waals surface area (Å²) in [6.45, 7) is 2.72. The number of carbonyl (C=O) groups is 1. The molecule has 0 aliphatic heterocycles. The third-order valence-corrected chi connectivity index (χ3v) is 4.08. The summed E-state index contributed by atoms with van der Waals surface area (Å²) in [6.07, 6.45) is 12.6. The van der Waals surface area contributed by atoms with Gasteiger partial charge in [0.2, 0.25) is 5.91 Å². The van der Waals surface area contributed by atoms with Crippen LogP contribution < -0.4 is 11.1 Å². The summed E-state index contributed by atoms with van der Waals surface area (Å²) in [6, 6.07) is -0.308. The molecule has 20 heavy (non-hydrogen) atoms. The van der Waals surface area contributed by atoms with E-state index in [2.05, 4.69) is 10.3 Å². The average molecular weight is 278 g/mol. The second kappa shape index (κ2) is 7.43. The third-order valence-electron chi connectivity index (χ3n) is 4.08. The number of carbonyl (C=O) groups excluding carboxylic acids is 1. The zero-order chi connectivity index (χ0) is 14.4. The Morgan fingerprint density at radius 3 is 2.85 bits per heavy atom. The van der Waals surface area contributed by atoms with Crippen LogP contribution in [0.5, 0.6) is 0 Å². The molecule has 0 bridgehead atoms. The Kier molecular flexibility index (Phi) is 5.59. The fourth-order valence-corrected chi connectivity index (χ4v) is 3.00. The molecule has 5 heteroatoms. The number of hydrogen-bond donors (Lipinski definition) is 2. The van der Waals surface area contributed by atoms with Crippen LogP contribution in [0.15, 0.2) is 18.7 Å². The third kappa shape index (κ3) is 4.63. The standard InChI is InChI=1S/C15H26N4O/c1-12(10-19-8-7-17-11-19)18-15(20)14(16)9-13-5-3-2-4-6-13/h7-8,11-14H,2-6,9-10,16H2,1H3,(H,18,20). The number of rotatable bonds is 6. The summed E-state index contributed by atoms with van der Waals surface area (Å²) in [5, 5.41) is 2.99. The number of nitrogens with two attached hydrogens (primary N) is 1. The molecule has 5 nitrogen and oxygen atoms in total. The van der Waals surface area contributed by atoms with Crippen molar-refractivity contribution in [3.63, 3.8) is 0 Å². The van der Waals surface area contributed by atoms with Crippen molar-refractivity contribution in [1.82, 2.24) is 14.9 Å². The summed E-state index contributed by atoms with van der Waals surface area (Å²) in [4.78, 5) is 16.1. The van der Waals surface area contributed by atoms with Crippen molar-refractivity contribution in [1.29, 1.82) is 0 Å². The first kappa shape index (κ1) is 15.0. The molecule has 2 rings (SSSR count). The molecule has 1 heterocycles. The van der Waals surface area contributed by atoms with Crippen LogP contribution in [-0.2, 0) is 11.3 Å². The fraction of sp³-hybridized carbons (Fsp3) is 0.733. The van der Waals surface area contributed by atoms with E-state index in [0.29, 0.717) is 5.92 Å². The van der Waals surface area contributed by atoms with Crippen LogP contribution in [0.3, 0.4) is 0 Å². The van der Waals surface area contributed by atoms with Gasteiger partial charge in [0.25, 0.3) is 0 Å². The highest BCUT2D eigenvalue weighted by atomic mass is 16.2. The smallest absolute Gasteiger partial charge is 0.237 e. The lowest BCUT2D eigenvalue weighted by atomic mass is 9.85. The van der Waals surface area contributed by atoms with Gasteiger partial charge in [0.1, 0.15) is 0 Å². The van der Waals surface area contributed by atoms with Crippen LogP contribution in [0.4, 0.5) is 0 Å². The van der Waals surface area contributed by atoms with Gasteiger partial charge in [-0.05, 0) is 19.3 Å². The Hall–Kier alpha value is -1.36. The minimum absolute atomic E-state index is 0.0248. The topological polar surface area (TPSA) is 72.9 Å². The van der Waals surface area contributed by atoms with E-state index in [1.165, 1.54) is 32.1 Å². The maximum atomic E-state index is 12.1. The summed E-state index contributed by atoms with van der Waals surface area (Å²) in [5.74, 6) is 0.608. The minimum atomic E-state index is -0.372. The first-order valence-corrected chi connectivity index (χ1v) is 7.67. The van der Waals surface area contributed by atoms with Crippen LogP contribution in [0.2, 0.25) is 0 Å². The first-order valence-electron chi connectivity index (χ1n) is 7.67. The van der Waals surface area contributed by atoms with Gasteiger partial charge < -0.3 is 15.6 Å². The number of amides is 1. The number of hydrogen-bond acceptors (Lipinski definition) is 3. The second-order valence-corrected chi connectivity index (χ2v) is 6.02. The van der Waals surface area contributed by atoms with Crippen molar-refractivity contribution >= 4 is 5.91 Å². The zero-order valence-corrected chi connectivity index (χ0v) is 12.3. The Morgan fingerprint density at radius 1 is 1.45 bits per heavy atom. The molecule has 1 fully saturated rings. The number of imidazole rings is 1. The Balaban J connectivity index is 1.72. The van der Waals surface area contributed by atoms with Crippen LogP contribution in [0, 0.1) is 5.92 Å². The second-order valence-electron chi connectivity index (χ2n) is 6.02. The molecule has 3 N–H and O–H groups in total. The lowest BCUT2D eigenvalue weighted by Crippen LogP contribution is -2.46. The van der Waals surface area contributed by atoms with Crippen molar-refractivity contribution in [2.75, 3.05) is 0 Å². The summed E-state index contributed by atoms with van der Waals surface area (Å²) < 4.78 is 1.96. The molecule has 1 saturated carbocycles. The summed E-state index contributed by atoms with van der Waals surface area (Å²) in [5.41, 5.74) is 6.04. The van der Waals surface area contributed by atoms with Gasteiger partial charge in [-0.1, -0.05) is 32.1 Å². The maximum absolute atomic E-state index is 12.1. The molecule has 0 saturated heterocycles. The fourth-order valence-electron chi connectivity index (χ4n) is 3.00. The molecule has 1 amide bonds. The van der Waals surface area contributed by atoms with Crippen molar-refractivity contribution < 1.29 is 4.79 Å². The van der Waals surface area contributed by atoms with Gasteiger partial charge in [-0.25, -0.2) is 4.98 Å². The predicted molar refractivity (Wildman–Crippen MR) is 79.0 cm³/mol. The lowest BCUT2D eigenvalue weighted by Gasteiger charge is -2.25. The van der Waals surface area contributed by atoms with Crippen molar-refractivity contribution in [3.05, 3.63) is 18.7 Å². The predicted octanol–water partition coefficient (Wildman–Crippen LogP) is 1.69. The van der Waals surface area contributed by atoms with Crippen LogP contribution in [-0.4, -0.2) is 27.5 Å². The minimum Gasteiger partial charge on any atom is -0.351 e. The summed E-state index contributed by atoms with van der Waals surface area (Å²) >= 11 is 0. The van der Waals surface area contributed by atoms with Gasteiger partial charge in [0.05, 0.1) is 12.4 Å². The maximum Gasteiger partial charge on any atom is 0.237 e. The van der Waals surface area contributed by atoms with Gasteiger partial charge in [0, 0.05) is 25.0 Å². The average Bonchev–Trinajstić information content (AvgIpc) is 2.92. The van der Waals surface area contributed by atoms with Crippen LogP contribution in [0.25, 0.3) is 0 Å². The number of aromatic nitrogens is 2. The molecule has 0 aromatic carbocycles. The largest absolute Gasteiger partial charge is 0.351 e. The van der Waals surface area contributed by atoms with Gasteiger partial charge in [-0.2, -0.15) is 0 Å². The Labute approximate surface area is 120 Å². The quantitative estimate of drug-likeness (QED) is 0.831. The first-order chi connectivity index (χ1) is 9.65. The molecule has 2 atom stereocenters. The Morgan fingerprint density at radius 2 is 2.20 bits per heavy atom. The lowest BCUT2D eigenvalue weighted by molar-refractivity contribution is -0.123. The molecule has 0 radical (unpaired) electrons. The van der Waals surface area contributed by atoms with E-state index in [-0.39, 0.29) is 18.0 Å². The van der Waals surface area contributed by atoms with Gasteiger partial charge in [0.15, 0.2) is 0 Å². The van der Waals surface area contributed by atoms with E-state index in [9.17, 15) is 4.79 Å². The number of nitrogens with zero attached hydrogens (tertiary/aromatic N) is 2. The molecule has 1 aromatic heterocycles. The van der Waals surface area contributed by atoms with Crippen molar-refractivity contribution in [2.45, 2.75) is 64.1 Å². The SMILES string of the molecule is CC(Cn1ccnc1)NC(=O)C(N)CC1CCCCC1. The van der Waals surface area contributed by atoms with Crippen molar-refractivity contribution in [3.8, 4) is 0 Å². The molecule has 1 aromatic rings. The molecule has 1 aliphatic rings. The monoisotopic (exact) mass is 278 g/mol. The van der Waals surface area contributed by atoms with Gasteiger partial charge in [-0.3, -0.25) is 4.79 Å². The van der Waals surface area contributed by atoms with Gasteiger partial charge >= 0.3 is 0 Å². The summed E-state index contributed by atoms with van der Waals surface area (Å²) in [7, 11) is 0. The zero-order valence-electron chi connectivity index (χ0n) is 12.3. The van der Waals surface area contributed by atoms with E-state index in [1.54, 1.807) is 12.5 Å². The number of nitrogens with one attached hydrogen (secondary N) is 1. The van der Waals surface area contributed by atoms with E-state index < -0.39 is 0 Å². The van der Waals surface area contributed by atoms with E-state index in [4.69, 9.17) is 5.73 Å². The van der Waals surface area contributed by atoms with Gasteiger partial charge in [-0.15, -0.1) is 0 Å².